The van der Waals surface area contributed by atoms with Gasteiger partial charge in [0.25, 0.3) is 0 Å². The first-order valence-corrected chi connectivity index (χ1v) is 8.20. The van der Waals surface area contributed by atoms with E-state index in [-0.39, 0.29) is 0 Å². The van der Waals surface area contributed by atoms with E-state index in [9.17, 15) is 0 Å². The summed E-state index contributed by atoms with van der Waals surface area (Å²) in [7, 11) is 0. The molecule has 3 saturated heterocycles. The second kappa shape index (κ2) is 5.08. The maximum Gasteiger partial charge on any atom is 0.0171 e. The average molecular weight is 255 g/mol. The SMILES string of the molecule is CSN1CC2(CCN(CC3CCNCC3)C2)C1. The van der Waals surface area contributed by atoms with E-state index < -0.39 is 0 Å². The second-order valence-corrected chi connectivity index (χ2v) is 7.04. The summed E-state index contributed by atoms with van der Waals surface area (Å²) in [5.41, 5.74) is 0.677. The molecule has 3 heterocycles. The van der Waals surface area contributed by atoms with Crippen LogP contribution in [0.5, 0.6) is 0 Å². The van der Waals surface area contributed by atoms with Crippen LogP contribution < -0.4 is 5.32 Å². The molecule has 3 fully saturated rings. The molecule has 0 aromatic heterocycles. The van der Waals surface area contributed by atoms with Gasteiger partial charge in [-0.05, 0) is 51.1 Å². The summed E-state index contributed by atoms with van der Waals surface area (Å²) in [5, 5.41) is 3.46. The van der Waals surface area contributed by atoms with Crippen molar-refractivity contribution >= 4 is 11.9 Å². The number of hydrogen-bond acceptors (Lipinski definition) is 4. The Hall–Kier alpha value is 0.230. The van der Waals surface area contributed by atoms with Crippen molar-refractivity contribution in [2.75, 3.05) is 52.1 Å². The molecule has 0 aromatic rings. The summed E-state index contributed by atoms with van der Waals surface area (Å²) < 4.78 is 2.51. The minimum atomic E-state index is 0.677. The van der Waals surface area contributed by atoms with Gasteiger partial charge in [-0.15, -0.1) is 0 Å². The van der Waals surface area contributed by atoms with Crippen molar-refractivity contribution in [2.24, 2.45) is 11.3 Å². The molecule has 0 radical (unpaired) electrons. The largest absolute Gasteiger partial charge is 0.317 e. The standard InChI is InChI=1S/C13H25N3S/c1-17-16-10-13(11-16)4-7-15(9-13)8-12-2-5-14-6-3-12/h12,14H,2-11H2,1H3. The predicted octanol–water partition coefficient (Wildman–Crippen LogP) is 1.27. The number of rotatable bonds is 3. The molecule has 17 heavy (non-hydrogen) atoms. The van der Waals surface area contributed by atoms with Crippen molar-refractivity contribution in [3.05, 3.63) is 0 Å². The molecule has 0 saturated carbocycles. The zero-order valence-electron chi connectivity index (χ0n) is 11.0. The van der Waals surface area contributed by atoms with Gasteiger partial charge in [0, 0.05) is 31.6 Å². The van der Waals surface area contributed by atoms with E-state index in [4.69, 9.17) is 0 Å². The van der Waals surface area contributed by atoms with Crippen LogP contribution in [0.2, 0.25) is 0 Å². The molecule has 1 N–H and O–H groups in total. The first-order valence-electron chi connectivity index (χ1n) is 7.02. The average Bonchev–Trinajstić information content (AvgIpc) is 2.72. The Morgan fingerprint density at radius 2 is 2.00 bits per heavy atom. The fourth-order valence-electron chi connectivity index (χ4n) is 3.70. The lowest BCUT2D eigenvalue weighted by atomic mass is 9.81. The normalized spacial score (nSPS) is 30.9. The highest BCUT2D eigenvalue weighted by Crippen LogP contribution is 2.42. The lowest BCUT2D eigenvalue weighted by Gasteiger charge is -2.47. The minimum absolute atomic E-state index is 0.677. The third-order valence-electron chi connectivity index (χ3n) is 4.77. The summed E-state index contributed by atoms with van der Waals surface area (Å²) in [6.07, 6.45) is 6.42. The number of likely N-dealkylation sites (tertiary alicyclic amines) is 1. The number of hydrogen-bond donors (Lipinski definition) is 1. The van der Waals surface area contributed by atoms with Gasteiger partial charge in [-0.25, -0.2) is 4.31 Å². The lowest BCUT2D eigenvalue weighted by molar-refractivity contribution is 0.0843. The topological polar surface area (TPSA) is 18.5 Å². The fourth-order valence-corrected chi connectivity index (χ4v) is 4.51. The van der Waals surface area contributed by atoms with Crippen LogP contribution in [0.15, 0.2) is 0 Å². The third-order valence-corrected chi connectivity index (χ3v) is 5.55. The highest BCUT2D eigenvalue weighted by molar-refractivity contribution is 7.96. The molecule has 0 amide bonds. The van der Waals surface area contributed by atoms with Crippen LogP contribution in [-0.4, -0.2) is 61.3 Å². The maximum atomic E-state index is 3.46. The molecule has 1 spiro atoms. The minimum Gasteiger partial charge on any atom is -0.317 e. The van der Waals surface area contributed by atoms with Crippen molar-refractivity contribution in [3.8, 4) is 0 Å². The molecule has 0 aromatic carbocycles. The maximum absolute atomic E-state index is 3.46. The van der Waals surface area contributed by atoms with E-state index in [1.54, 1.807) is 0 Å². The number of nitrogens with one attached hydrogen (secondary N) is 1. The van der Waals surface area contributed by atoms with E-state index >= 15 is 0 Å². The van der Waals surface area contributed by atoms with Gasteiger partial charge in [0.1, 0.15) is 0 Å². The van der Waals surface area contributed by atoms with Crippen LogP contribution in [0.25, 0.3) is 0 Å². The van der Waals surface area contributed by atoms with Crippen molar-refractivity contribution in [1.29, 1.82) is 0 Å². The van der Waals surface area contributed by atoms with Gasteiger partial charge in [0.05, 0.1) is 0 Å². The van der Waals surface area contributed by atoms with Crippen molar-refractivity contribution in [2.45, 2.75) is 19.3 Å². The molecule has 3 rings (SSSR count). The van der Waals surface area contributed by atoms with E-state index in [0.717, 1.165) is 5.92 Å². The zero-order valence-corrected chi connectivity index (χ0v) is 11.8. The molecule has 98 valence electrons. The molecule has 0 unspecified atom stereocenters. The van der Waals surface area contributed by atoms with Gasteiger partial charge in [0.2, 0.25) is 0 Å². The molecule has 0 atom stereocenters. The monoisotopic (exact) mass is 255 g/mol. The first kappa shape index (κ1) is 12.3. The molecule has 3 aliphatic rings. The Labute approximate surface area is 109 Å². The summed E-state index contributed by atoms with van der Waals surface area (Å²) in [5.74, 6) is 0.961. The predicted molar refractivity (Wildman–Crippen MR) is 74.2 cm³/mol. The Balaban J connectivity index is 1.44. The van der Waals surface area contributed by atoms with Crippen LogP contribution in [0.4, 0.5) is 0 Å². The van der Waals surface area contributed by atoms with Crippen molar-refractivity contribution in [3.63, 3.8) is 0 Å². The first-order chi connectivity index (χ1) is 8.30. The molecule has 3 nitrogen and oxygen atoms in total. The molecule has 0 bridgehead atoms. The van der Waals surface area contributed by atoms with Crippen LogP contribution in [0, 0.1) is 11.3 Å². The number of nitrogens with zero attached hydrogens (tertiary/aromatic N) is 2. The van der Waals surface area contributed by atoms with Crippen molar-refractivity contribution < 1.29 is 0 Å². The van der Waals surface area contributed by atoms with Gasteiger partial charge in [-0.3, -0.25) is 0 Å². The van der Waals surface area contributed by atoms with E-state index in [2.05, 4.69) is 20.8 Å². The number of piperidine rings is 1. The quantitative estimate of drug-likeness (QED) is 0.765. The van der Waals surface area contributed by atoms with Gasteiger partial charge in [-0.2, -0.15) is 0 Å². The molecule has 4 heteroatoms. The van der Waals surface area contributed by atoms with Gasteiger partial charge >= 0.3 is 0 Å². The Morgan fingerprint density at radius 1 is 1.24 bits per heavy atom. The van der Waals surface area contributed by atoms with Crippen LogP contribution in [-0.2, 0) is 0 Å². The highest BCUT2D eigenvalue weighted by Gasteiger charge is 2.47. The Morgan fingerprint density at radius 3 is 2.71 bits per heavy atom. The lowest BCUT2D eigenvalue weighted by Crippen LogP contribution is -2.54. The van der Waals surface area contributed by atoms with E-state index in [1.165, 1.54) is 65.1 Å². The molecule has 3 aliphatic heterocycles. The Kier molecular flexibility index (Phi) is 3.67. The second-order valence-electron chi connectivity index (χ2n) is 6.16. The molecular formula is C13H25N3S. The molecule has 0 aliphatic carbocycles. The van der Waals surface area contributed by atoms with Gasteiger partial charge < -0.3 is 10.2 Å². The highest BCUT2D eigenvalue weighted by atomic mass is 32.2. The summed E-state index contributed by atoms with van der Waals surface area (Å²) in [6.45, 7) is 9.23. The van der Waals surface area contributed by atoms with Gasteiger partial charge in [-0.1, -0.05) is 11.9 Å². The smallest absolute Gasteiger partial charge is 0.0171 e. The third kappa shape index (κ3) is 2.65. The van der Waals surface area contributed by atoms with Crippen LogP contribution in [0.1, 0.15) is 19.3 Å². The van der Waals surface area contributed by atoms with E-state index in [0.29, 0.717) is 5.41 Å². The van der Waals surface area contributed by atoms with Crippen LogP contribution in [0.3, 0.4) is 0 Å². The van der Waals surface area contributed by atoms with Crippen LogP contribution >= 0.6 is 11.9 Å². The van der Waals surface area contributed by atoms with E-state index in [1.807, 2.05) is 11.9 Å². The van der Waals surface area contributed by atoms with Crippen molar-refractivity contribution in [1.82, 2.24) is 14.5 Å². The summed E-state index contributed by atoms with van der Waals surface area (Å²) >= 11 is 1.92. The zero-order chi connectivity index (χ0) is 11.7. The molecular weight excluding hydrogens is 230 g/mol. The Bertz CT molecular complexity index is 259. The summed E-state index contributed by atoms with van der Waals surface area (Å²) in [6, 6.07) is 0. The fraction of sp³-hybridized carbons (Fsp3) is 1.00. The van der Waals surface area contributed by atoms with Gasteiger partial charge in [0.15, 0.2) is 0 Å². The summed E-state index contributed by atoms with van der Waals surface area (Å²) in [4.78, 5) is 2.74.